The van der Waals surface area contributed by atoms with Crippen LogP contribution in [-0.4, -0.2) is 56.8 Å². The maximum atomic E-state index is 12.4. The third-order valence-electron chi connectivity index (χ3n) is 4.62. The Morgan fingerprint density at radius 3 is 2.54 bits per heavy atom. The molecule has 3 rings (SSSR count). The lowest BCUT2D eigenvalue weighted by Gasteiger charge is -2.34. The summed E-state index contributed by atoms with van der Waals surface area (Å²) in [4.78, 5) is 48.9. The Bertz CT molecular complexity index is 892. The molecule has 0 atom stereocenters. The second-order valence-corrected chi connectivity index (χ2v) is 7.59. The molecular weight excluding hydrogens is 354 g/mol. The van der Waals surface area contributed by atoms with E-state index in [2.05, 4.69) is 25.2 Å². The quantitative estimate of drug-likeness (QED) is 0.786. The van der Waals surface area contributed by atoms with Crippen LogP contribution in [0.5, 0.6) is 0 Å². The number of hydrogen-bond donors (Lipinski definition) is 2. The molecule has 1 aliphatic rings. The van der Waals surface area contributed by atoms with Crippen molar-refractivity contribution in [1.29, 1.82) is 0 Å². The fourth-order valence-corrected chi connectivity index (χ4v) is 3.79. The predicted octanol–water partition coefficient (Wildman–Crippen LogP) is 0.414. The number of aromatic amines is 2. The van der Waals surface area contributed by atoms with Gasteiger partial charge in [-0.05, 0) is 20.3 Å². The smallest absolute Gasteiger partial charge is 0.325 e. The average molecular weight is 377 g/mol. The van der Waals surface area contributed by atoms with Crippen LogP contribution in [0.15, 0.2) is 15.0 Å². The van der Waals surface area contributed by atoms with E-state index in [1.54, 1.807) is 18.3 Å². The van der Waals surface area contributed by atoms with Crippen LogP contribution in [0, 0.1) is 13.8 Å². The molecule has 1 aliphatic heterocycles. The van der Waals surface area contributed by atoms with E-state index in [1.165, 1.54) is 0 Å². The van der Waals surface area contributed by atoms with Crippen molar-refractivity contribution in [3.05, 3.63) is 48.2 Å². The van der Waals surface area contributed by atoms with Gasteiger partial charge in [-0.15, -0.1) is 11.3 Å². The molecule has 0 unspecified atom stereocenters. The third-order valence-corrected chi connectivity index (χ3v) is 5.44. The van der Waals surface area contributed by atoms with Crippen molar-refractivity contribution >= 4 is 17.2 Å². The lowest BCUT2D eigenvalue weighted by Crippen LogP contribution is -2.48. The van der Waals surface area contributed by atoms with Crippen LogP contribution in [0.2, 0.25) is 0 Å². The molecule has 0 saturated carbocycles. The standard InChI is InChI=1S/C17H23N5O3S/c1-11-14(16(24)20-17(25)18-11)3-4-15(23)22-7-5-21(6-8-22)9-13-10-26-12(2)19-13/h10H,3-9H2,1-2H3,(H2,18,20,24,25). The van der Waals surface area contributed by atoms with Crippen molar-refractivity contribution in [2.24, 2.45) is 0 Å². The number of carbonyl (C=O) groups is 1. The molecule has 0 aromatic carbocycles. The Labute approximate surface area is 154 Å². The lowest BCUT2D eigenvalue weighted by atomic mass is 10.1. The highest BCUT2D eigenvalue weighted by molar-refractivity contribution is 7.09. The summed E-state index contributed by atoms with van der Waals surface area (Å²) in [6, 6.07) is 0. The van der Waals surface area contributed by atoms with Gasteiger partial charge in [0.25, 0.3) is 5.56 Å². The highest BCUT2D eigenvalue weighted by atomic mass is 32.1. The highest BCUT2D eigenvalue weighted by Gasteiger charge is 2.22. The van der Waals surface area contributed by atoms with Crippen molar-refractivity contribution in [3.8, 4) is 0 Å². The Kier molecular flexibility index (Phi) is 5.67. The number of carbonyl (C=O) groups excluding carboxylic acids is 1. The summed E-state index contributed by atoms with van der Waals surface area (Å²) in [5.41, 5.74) is 1.14. The van der Waals surface area contributed by atoms with Crippen molar-refractivity contribution in [2.75, 3.05) is 26.2 Å². The molecule has 8 nitrogen and oxygen atoms in total. The molecular formula is C17H23N5O3S. The number of rotatable bonds is 5. The number of piperazine rings is 1. The number of aryl methyl sites for hydroxylation is 2. The zero-order valence-electron chi connectivity index (χ0n) is 15.0. The first-order chi connectivity index (χ1) is 12.4. The van der Waals surface area contributed by atoms with Crippen molar-refractivity contribution in [1.82, 2.24) is 24.8 Å². The molecule has 0 aliphatic carbocycles. The molecule has 0 radical (unpaired) electrons. The summed E-state index contributed by atoms with van der Waals surface area (Å²) in [5.74, 6) is 0.0409. The summed E-state index contributed by atoms with van der Waals surface area (Å²) in [7, 11) is 0. The van der Waals surface area contributed by atoms with Crippen molar-refractivity contribution in [2.45, 2.75) is 33.2 Å². The van der Waals surface area contributed by atoms with Crippen LogP contribution in [0.4, 0.5) is 0 Å². The SMILES string of the molecule is Cc1nc(CN2CCN(C(=O)CCc3c(C)[nH]c(=O)[nH]c3=O)CC2)cs1. The second kappa shape index (κ2) is 7.96. The summed E-state index contributed by atoms with van der Waals surface area (Å²) in [5, 5.41) is 3.15. The van der Waals surface area contributed by atoms with E-state index in [-0.39, 0.29) is 12.3 Å². The highest BCUT2D eigenvalue weighted by Crippen LogP contribution is 2.13. The lowest BCUT2D eigenvalue weighted by molar-refractivity contribution is -0.133. The van der Waals surface area contributed by atoms with Crippen LogP contribution < -0.4 is 11.2 Å². The second-order valence-electron chi connectivity index (χ2n) is 6.53. The minimum Gasteiger partial charge on any atom is -0.340 e. The van der Waals surface area contributed by atoms with Gasteiger partial charge in [0, 0.05) is 55.8 Å². The summed E-state index contributed by atoms with van der Waals surface area (Å²) in [6.45, 7) is 7.50. The largest absolute Gasteiger partial charge is 0.340 e. The fourth-order valence-electron chi connectivity index (χ4n) is 3.18. The van der Waals surface area contributed by atoms with Crippen LogP contribution >= 0.6 is 11.3 Å². The minimum absolute atomic E-state index is 0.0409. The normalized spacial score (nSPS) is 15.4. The molecule has 3 heterocycles. The summed E-state index contributed by atoms with van der Waals surface area (Å²) >= 11 is 1.65. The molecule has 140 valence electrons. The van der Waals surface area contributed by atoms with Gasteiger partial charge in [-0.3, -0.25) is 19.5 Å². The number of H-pyrrole nitrogens is 2. The monoisotopic (exact) mass is 377 g/mol. The Morgan fingerprint density at radius 1 is 1.19 bits per heavy atom. The van der Waals surface area contributed by atoms with E-state index in [0.29, 0.717) is 30.8 Å². The number of amides is 1. The van der Waals surface area contributed by atoms with Gasteiger partial charge in [0.2, 0.25) is 5.91 Å². The molecule has 1 amide bonds. The average Bonchev–Trinajstić information content (AvgIpc) is 2.99. The Hall–Kier alpha value is -2.26. The van der Waals surface area contributed by atoms with E-state index in [4.69, 9.17) is 0 Å². The first-order valence-corrected chi connectivity index (χ1v) is 9.53. The number of nitrogens with one attached hydrogen (secondary N) is 2. The Morgan fingerprint density at radius 2 is 1.92 bits per heavy atom. The molecule has 26 heavy (non-hydrogen) atoms. The van der Waals surface area contributed by atoms with Gasteiger partial charge >= 0.3 is 5.69 Å². The fraction of sp³-hybridized carbons (Fsp3) is 0.529. The third kappa shape index (κ3) is 4.47. The molecule has 2 aromatic heterocycles. The minimum atomic E-state index is -0.519. The van der Waals surface area contributed by atoms with Gasteiger partial charge in [0.05, 0.1) is 10.7 Å². The zero-order chi connectivity index (χ0) is 18.7. The van der Waals surface area contributed by atoms with E-state index < -0.39 is 11.2 Å². The Balaban J connectivity index is 1.49. The molecule has 2 aromatic rings. The summed E-state index contributed by atoms with van der Waals surface area (Å²) in [6.07, 6.45) is 0.594. The van der Waals surface area contributed by atoms with E-state index >= 15 is 0 Å². The van der Waals surface area contributed by atoms with Gasteiger partial charge in [-0.1, -0.05) is 0 Å². The molecule has 0 spiro atoms. The van der Waals surface area contributed by atoms with Crippen LogP contribution in [0.1, 0.15) is 28.4 Å². The van der Waals surface area contributed by atoms with Gasteiger partial charge in [-0.25, -0.2) is 9.78 Å². The van der Waals surface area contributed by atoms with E-state index in [9.17, 15) is 14.4 Å². The molecule has 1 fully saturated rings. The maximum absolute atomic E-state index is 12.4. The van der Waals surface area contributed by atoms with E-state index in [0.717, 1.165) is 30.3 Å². The number of aromatic nitrogens is 3. The number of thiazole rings is 1. The van der Waals surface area contributed by atoms with Crippen molar-refractivity contribution in [3.63, 3.8) is 0 Å². The molecule has 2 N–H and O–H groups in total. The zero-order valence-corrected chi connectivity index (χ0v) is 15.8. The van der Waals surface area contributed by atoms with Crippen molar-refractivity contribution < 1.29 is 4.79 Å². The number of hydrogen-bond acceptors (Lipinski definition) is 6. The van der Waals surface area contributed by atoms with Gasteiger partial charge in [0.15, 0.2) is 0 Å². The van der Waals surface area contributed by atoms with Gasteiger partial charge in [-0.2, -0.15) is 0 Å². The summed E-state index contributed by atoms with van der Waals surface area (Å²) < 4.78 is 0. The molecule has 0 bridgehead atoms. The van der Waals surface area contributed by atoms with Gasteiger partial charge < -0.3 is 9.88 Å². The van der Waals surface area contributed by atoms with Crippen LogP contribution in [0.3, 0.4) is 0 Å². The van der Waals surface area contributed by atoms with E-state index in [1.807, 2.05) is 11.8 Å². The number of nitrogens with zero attached hydrogens (tertiary/aromatic N) is 3. The topological polar surface area (TPSA) is 102 Å². The van der Waals surface area contributed by atoms with Crippen LogP contribution in [0.25, 0.3) is 0 Å². The van der Waals surface area contributed by atoms with Gasteiger partial charge in [0.1, 0.15) is 0 Å². The maximum Gasteiger partial charge on any atom is 0.325 e. The first kappa shape index (κ1) is 18.5. The van der Waals surface area contributed by atoms with Crippen LogP contribution in [-0.2, 0) is 17.8 Å². The molecule has 1 saturated heterocycles. The molecule has 9 heteroatoms. The first-order valence-electron chi connectivity index (χ1n) is 8.65. The predicted molar refractivity (Wildman–Crippen MR) is 99.4 cm³/mol.